The lowest BCUT2D eigenvalue weighted by Crippen LogP contribution is -1.99. The van der Waals surface area contributed by atoms with Gasteiger partial charge in [-0.25, -0.2) is 4.98 Å². The van der Waals surface area contributed by atoms with E-state index in [1.54, 1.807) is 0 Å². The Bertz CT molecular complexity index is 243. The Morgan fingerprint density at radius 1 is 1.42 bits per heavy atom. The highest BCUT2D eigenvalue weighted by molar-refractivity contribution is 6.17. The van der Waals surface area contributed by atoms with E-state index in [0.29, 0.717) is 0 Å². The van der Waals surface area contributed by atoms with Gasteiger partial charge in [0.2, 0.25) is 0 Å². The molecular formula is C9H15ClN2. The maximum atomic E-state index is 5.59. The maximum absolute atomic E-state index is 5.59. The first kappa shape index (κ1) is 9.59. The van der Waals surface area contributed by atoms with Crippen LogP contribution in [0.25, 0.3) is 0 Å². The number of halogens is 1. The third-order valence-electron chi connectivity index (χ3n) is 2.13. The van der Waals surface area contributed by atoms with Crippen LogP contribution in [0.3, 0.4) is 0 Å². The van der Waals surface area contributed by atoms with Crippen LogP contribution in [0, 0.1) is 13.8 Å². The van der Waals surface area contributed by atoms with Gasteiger partial charge in [0.25, 0.3) is 0 Å². The monoisotopic (exact) mass is 186 g/mol. The number of nitrogens with zero attached hydrogens (tertiary/aromatic N) is 2. The minimum absolute atomic E-state index is 0.757. The molecular weight excluding hydrogens is 172 g/mol. The summed E-state index contributed by atoms with van der Waals surface area (Å²) in [5.41, 5.74) is 2.39. The summed E-state index contributed by atoms with van der Waals surface area (Å²) in [6.07, 6.45) is 4.12. The van der Waals surface area contributed by atoms with Gasteiger partial charge in [-0.15, -0.1) is 11.6 Å². The second kappa shape index (κ2) is 4.51. The topological polar surface area (TPSA) is 17.8 Å². The zero-order chi connectivity index (χ0) is 8.97. The Hall–Kier alpha value is -0.500. The molecule has 0 spiro atoms. The highest BCUT2D eigenvalue weighted by Gasteiger charge is 2.00. The molecule has 0 aliphatic rings. The Kier molecular flexibility index (Phi) is 3.60. The van der Waals surface area contributed by atoms with E-state index in [4.69, 9.17) is 11.6 Å². The highest BCUT2D eigenvalue weighted by atomic mass is 35.5. The molecule has 0 aromatic carbocycles. The number of aromatic nitrogens is 2. The standard InChI is InChI=1S/C9H15ClN2/c1-8-9(2)12(7-11-8)6-4-3-5-10/h7H,3-6H2,1-2H3. The Balaban J connectivity index is 2.46. The lowest BCUT2D eigenvalue weighted by atomic mass is 10.3. The number of hydrogen-bond acceptors (Lipinski definition) is 1. The van der Waals surface area contributed by atoms with E-state index in [2.05, 4.69) is 16.5 Å². The Morgan fingerprint density at radius 2 is 2.17 bits per heavy atom. The van der Waals surface area contributed by atoms with Gasteiger partial charge >= 0.3 is 0 Å². The summed E-state index contributed by atoms with van der Waals surface area (Å²) in [5.74, 6) is 0.757. The summed E-state index contributed by atoms with van der Waals surface area (Å²) >= 11 is 5.59. The molecule has 1 aromatic rings. The first-order valence-corrected chi connectivity index (χ1v) is 4.83. The van der Waals surface area contributed by atoms with Crippen molar-refractivity contribution >= 4 is 11.6 Å². The van der Waals surface area contributed by atoms with Crippen LogP contribution in [0.4, 0.5) is 0 Å². The molecule has 0 aliphatic heterocycles. The van der Waals surface area contributed by atoms with E-state index in [0.717, 1.165) is 31.0 Å². The molecule has 0 saturated heterocycles. The zero-order valence-electron chi connectivity index (χ0n) is 7.68. The smallest absolute Gasteiger partial charge is 0.0951 e. The molecule has 12 heavy (non-hydrogen) atoms. The van der Waals surface area contributed by atoms with Crippen molar-refractivity contribution < 1.29 is 0 Å². The fourth-order valence-corrected chi connectivity index (χ4v) is 1.34. The molecule has 0 saturated carbocycles. The molecule has 0 unspecified atom stereocenters. The number of unbranched alkanes of at least 4 members (excludes halogenated alkanes) is 1. The normalized spacial score (nSPS) is 10.6. The molecule has 3 heteroatoms. The lowest BCUT2D eigenvalue weighted by Gasteiger charge is -2.03. The second-order valence-electron chi connectivity index (χ2n) is 3.00. The quantitative estimate of drug-likeness (QED) is 0.522. The number of imidazole rings is 1. The van der Waals surface area contributed by atoms with Gasteiger partial charge in [0.1, 0.15) is 0 Å². The number of hydrogen-bond donors (Lipinski definition) is 0. The molecule has 68 valence electrons. The fourth-order valence-electron chi connectivity index (χ4n) is 1.15. The zero-order valence-corrected chi connectivity index (χ0v) is 8.43. The van der Waals surface area contributed by atoms with Crippen LogP contribution in [0.1, 0.15) is 24.2 Å². The first-order valence-electron chi connectivity index (χ1n) is 4.30. The average Bonchev–Trinajstić information content (AvgIpc) is 2.36. The van der Waals surface area contributed by atoms with Gasteiger partial charge in [0, 0.05) is 18.1 Å². The largest absolute Gasteiger partial charge is 0.335 e. The van der Waals surface area contributed by atoms with E-state index >= 15 is 0 Å². The van der Waals surface area contributed by atoms with Gasteiger partial charge in [-0.05, 0) is 26.7 Å². The van der Waals surface area contributed by atoms with E-state index < -0.39 is 0 Å². The third kappa shape index (κ3) is 2.24. The summed E-state index contributed by atoms with van der Waals surface area (Å²) in [7, 11) is 0. The summed E-state index contributed by atoms with van der Waals surface area (Å²) in [4.78, 5) is 4.22. The Morgan fingerprint density at radius 3 is 2.67 bits per heavy atom. The maximum Gasteiger partial charge on any atom is 0.0951 e. The summed E-state index contributed by atoms with van der Waals surface area (Å²) in [5, 5.41) is 0. The van der Waals surface area contributed by atoms with Gasteiger partial charge in [0.05, 0.1) is 12.0 Å². The molecule has 1 rings (SSSR count). The minimum atomic E-state index is 0.757. The van der Waals surface area contributed by atoms with Crippen LogP contribution in [0.15, 0.2) is 6.33 Å². The van der Waals surface area contributed by atoms with Crippen LogP contribution in [-0.4, -0.2) is 15.4 Å². The van der Waals surface area contributed by atoms with Crippen molar-refractivity contribution in [2.45, 2.75) is 33.2 Å². The van der Waals surface area contributed by atoms with Crippen LogP contribution in [0.5, 0.6) is 0 Å². The molecule has 1 aromatic heterocycles. The van der Waals surface area contributed by atoms with Gasteiger partial charge in [-0.2, -0.15) is 0 Å². The third-order valence-corrected chi connectivity index (χ3v) is 2.40. The van der Waals surface area contributed by atoms with Crippen molar-refractivity contribution in [1.29, 1.82) is 0 Å². The van der Waals surface area contributed by atoms with Crippen LogP contribution >= 0.6 is 11.6 Å². The average molecular weight is 187 g/mol. The molecule has 1 heterocycles. The van der Waals surface area contributed by atoms with Crippen molar-refractivity contribution in [2.75, 3.05) is 5.88 Å². The van der Waals surface area contributed by atoms with Crippen molar-refractivity contribution in [3.05, 3.63) is 17.7 Å². The molecule has 0 fully saturated rings. The number of aryl methyl sites for hydroxylation is 2. The van der Waals surface area contributed by atoms with Gasteiger partial charge < -0.3 is 4.57 Å². The summed E-state index contributed by atoms with van der Waals surface area (Å²) in [6.45, 7) is 5.18. The van der Waals surface area contributed by atoms with Gasteiger partial charge in [-0.3, -0.25) is 0 Å². The van der Waals surface area contributed by atoms with E-state index in [-0.39, 0.29) is 0 Å². The predicted molar refractivity (Wildman–Crippen MR) is 51.7 cm³/mol. The molecule has 0 N–H and O–H groups in total. The molecule has 0 aliphatic carbocycles. The fraction of sp³-hybridized carbons (Fsp3) is 0.667. The SMILES string of the molecule is Cc1ncn(CCCCCl)c1C. The molecule has 0 amide bonds. The van der Waals surface area contributed by atoms with E-state index in [1.165, 1.54) is 5.69 Å². The Labute approximate surface area is 78.6 Å². The summed E-state index contributed by atoms with van der Waals surface area (Å²) < 4.78 is 2.18. The first-order chi connectivity index (χ1) is 5.75. The number of alkyl halides is 1. The van der Waals surface area contributed by atoms with Gasteiger partial charge in [0.15, 0.2) is 0 Å². The molecule has 0 bridgehead atoms. The van der Waals surface area contributed by atoms with Gasteiger partial charge in [-0.1, -0.05) is 0 Å². The van der Waals surface area contributed by atoms with E-state index in [9.17, 15) is 0 Å². The minimum Gasteiger partial charge on any atom is -0.335 e. The number of rotatable bonds is 4. The molecule has 2 nitrogen and oxygen atoms in total. The predicted octanol–water partition coefficient (Wildman–Crippen LogP) is 2.52. The molecule has 0 atom stereocenters. The van der Waals surface area contributed by atoms with Crippen molar-refractivity contribution in [1.82, 2.24) is 9.55 Å². The van der Waals surface area contributed by atoms with E-state index in [1.807, 2.05) is 13.3 Å². The highest BCUT2D eigenvalue weighted by Crippen LogP contribution is 2.06. The van der Waals surface area contributed by atoms with Crippen molar-refractivity contribution in [3.8, 4) is 0 Å². The van der Waals surface area contributed by atoms with Crippen molar-refractivity contribution in [3.63, 3.8) is 0 Å². The lowest BCUT2D eigenvalue weighted by molar-refractivity contribution is 0.620. The second-order valence-corrected chi connectivity index (χ2v) is 3.38. The van der Waals surface area contributed by atoms with Crippen molar-refractivity contribution in [2.24, 2.45) is 0 Å². The molecule has 0 radical (unpaired) electrons. The van der Waals surface area contributed by atoms with Crippen LogP contribution in [-0.2, 0) is 6.54 Å². The van der Waals surface area contributed by atoms with Crippen LogP contribution in [0.2, 0.25) is 0 Å². The summed E-state index contributed by atoms with van der Waals surface area (Å²) in [6, 6.07) is 0. The van der Waals surface area contributed by atoms with Crippen LogP contribution < -0.4 is 0 Å².